The quantitative estimate of drug-likeness (QED) is 0.666. The van der Waals surface area contributed by atoms with Crippen molar-refractivity contribution < 1.29 is 22.3 Å². The Morgan fingerprint density at radius 3 is 2.75 bits per heavy atom. The highest BCUT2D eigenvalue weighted by Gasteiger charge is 2.31. The van der Waals surface area contributed by atoms with E-state index in [2.05, 4.69) is 9.97 Å². The van der Waals surface area contributed by atoms with Crippen LogP contribution in [-0.2, 0) is 6.18 Å². The normalized spacial score (nSPS) is 13.2. The Kier molecular flexibility index (Phi) is 4.17. The largest absolute Gasteiger partial charge is 0.488 e. The Labute approximate surface area is 136 Å². The van der Waals surface area contributed by atoms with Crippen LogP contribution < -0.4 is 4.74 Å². The van der Waals surface area contributed by atoms with Crippen LogP contribution in [0.4, 0.5) is 13.2 Å². The first kappa shape index (κ1) is 16.3. The number of benzene rings is 1. The van der Waals surface area contributed by atoms with Crippen LogP contribution in [0.25, 0.3) is 22.6 Å². The number of halogens is 3. The maximum atomic E-state index is 12.8. The maximum Gasteiger partial charge on any atom is 0.416 e. The van der Waals surface area contributed by atoms with Gasteiger partial charge in [0.25, 0.3) is 0 Å². The number of nitrogens with zero attached hydrogens (tertiary/aromatic N) is 2. The van der Waals surface area contributed by atoms with E-state index in [9.17, 15) is 13.2 Å². The van der Waals surface area contributed by atoms with E-state index in [0.29, 0.717) is 11.3 Å². The van der Waals surface area contributed by atoms with E-state index in [1.54, 1.807) is 12.3 Å². The molecule has 4 nitrogen and oxygen atoms in total. The fourth-order valence-electron chi connectivity index (χ4n) is 2.17. The second-order valence-electron chi connectivity index (χ2n) is 5.41. The number of hydrogen-bond acceptors (Lipinski definition) is 4. The molecule has 3 aromatic rings. The summed E-state index contributed by atoms with van der Waals surface area (Å²) in [6.45, 7) is 3.90. The summed E-state index contributed by atoms with van der Waals surface area (Å²) in [6.07, 6.45) is -0.563. The molecule has 2 aromatic heterocycles. The zero-order valence-corrected chi connectivity index (χ0v) is 13.1. The van der Waals surface area contributed by atoms with Crippen molar-refractivity contribution in [2.45, 2.75) is 32.5 Å². The minimum absolute atomic E-state index is 0.0332. The van der Waals surface area contributed by atoms with Crippen molar-refractivity contribution in [1.29, 1.82) is 0 Å². The molecule has 0 N–H and O–H groups in total. The van der Waals surface area contributed by atoms with Crippen LogP contribution in [0.1, 0.15) is 25.8 Å². The van der Waals surface area contributed by atoms with Gasteiger partial charge in [-0.25, -0.2) is 4.98 Å². The minimum atomic E-state index is -4.42. The van der Waals surface area contributed by atoms with Crippen LogP contribution >= 0.6 is 0 Å². The zero-order chi connectivity index (χ0) is 17.3. The van der Waals surface area contributed by atoms with Crippen LogP contribution in [0.2, 0.25) is 0 Å². The lowest BCUT2D eigenvalue weighted by Gasteiger charge is -2.13. The summed E-state index contributed by atoms with van der Waals surface area (Å²) in [5.74, 6) is 0.680. The lowest BCUT2D eigenvalue weighted by molar-refractivity contribution is -0.137. The molecule has 0 saturated heterocycles. The predicted molar refractivity (Wildman–Crippen MR) is 82.6 cm³/mol. The number of rotatable bonds is 4. The Bertz CT molecular complexity index is 858. The molecule has 0 aliphatic rings. The van der Waals surface area contributed by atoms with Gasteiger partial charge in [-0.15, -0.1) is 0 Å². The Morgan fingerprint density at radius 1 is 1.25 bits per heavy atom. The van der Waals surface area contributed by atoms with E-state index in [4.69, 9.17) is 9.15 Å². The number of ether oxygens (including phenoxy) is 1. The van der Waals surface area contributed by atoms with Gasteiger partial charge in [-0.05, 0) is 37.6 Å². The van der Waals surface area contributed by atoms with Crippen LogP contribution in [0.3, 0.4) is 0 Å². The van der Waals surface area contributed by atoms with Crippen LogP contribution in [0, 0.1) is 0 Å². The molecule has 0 amide bonds. The van der Waals surface area contributed by atoms with Gasteiger partial charge in [-0.3, -0.25) is 4.98 Å². The molecule has 1 unspecified atom stereocenters. The van der Waals surface area contributed by atoms with Gasteiger partial charge in [0.1, 0.15) is 5.52 Å². The van der Waals surface area contributed by atoms with E-state index in [1.807, 2.05) is 13.8 Å². The van der Waals surface area contributed by atoms with E-state index in [-0.39, 0.29) is 23.1 Å². The van der Waals surface area contributed by atoms with Gasteiger partial charge in [0.05, 0.1) is 23.4 Å². The zero-order valence-electron chi connectivity index (χ0n) is 13.1. The van der Waals surface area contributed by atoms with Gasteiger partial charge in [0.2, 0.25) is 5.89 Å². The summed E-state index contributed by atoms with van der Waals surface area (Å²) >= 11 is 0. The molecule has 1 aromatic carbocycles. The second kappa shape index (κ2) is 6.14. The molecule has 0 aliphatic heterocycles. The van der Waals surface area contributed by atoms with Crippen molar-refractivity contribution in [3.8, 4) is 17.2 Å². The number of oxazole rings is 1. The van der Waals surface area contributed by atoms with Gasteiger partial charge in [0.15, 0.2) is 11.3 Å². The van der Waals surface area contributed by atoms with Gasteiger partial charge in [-0.2, -0.15) is 13.2 Å². The third kappa shape index (κ3) is 3.20. The molecule has 3 rings (SSSR count). The number of fused-ring (bicyclic) bond motifs is 1. The van der Waals surface area contributed by atoms with E-state index >= 15 is 0 Å². The van der Waals surface area contributed by atoms with Gasteiger partial charge >= 0.3 is 6.18 Å². The fraction of sp³-hybridized carbons (Fsp3) is 0.294. The smallest absolute Gasteiger partial charge is 0.416 e. The summed E-state index contributed by atoms with van der Waals surface area (Å²) < 4.78 is 49.8. The molecular weight excluding hydrogens is 321 g/mol. The molecular formula is C17H15F3N2O2. The first-order chi connectivity index (χ1) is 11.4. The summed E-state index contributed by atoms with van der Waals surface area (Å²) in [4.78, 5) is 8.19. The highest BCUT2D eigenvalue weighted by molar-refractivity contribution is 5.78. The van der Waals surface area contributed by atoms with Gasteiger partial charge in [-0.1, -0.05) is 6.92 Å². The molecule has 2 heterocycles. The molecule has 7 heteroatoms. The molecule has 0 radical (unpaired) electrons. The third-order valence-corrected chi connectivity index (χ3v) is 3.63. The molecule has 0 aliphatic carbocycles. The summed E-state index contributed by atoms with van der Waals surface area (Å²) in [7, 11) is 0. The first-order valence-corrected chi connectivity index (χ1v) is 7.47. The molecule has 0 spiro atoms. The average molecular weight is 336 g/mol. The summed E-state index contributed by atoms with van der Waals surface area (Å²) in [5.41, 5.74) is 0.214. The molecule has 1 atom stereocenters. The fourth-order valence-corrected chi connectivity index (χ4v) is 2.17. The summed E-state index contributed by atoms with van der Waals surface area (Å²) in [5, 5.41) is 0. The maximum absolute atomic E-state index is 12.8. The molecule has 0 fully saturated rings. The Hall–Kier alpha value is -2.57. The predicted octanol–water partition coefficient (Wildman–Crippen LogP) is 5.09. The standard InChI is InChI=1S/C17H15F3N2O2/c1-3-10(2)23-15-9-21-7-6-12(15)16-22-13-8-11(17(18,19)20)4-5-14(13)24-16/h4-10H,3H2,1-2H3. The first-order valence-electron chi connectivity index (χ1n) is 7.47. The lowest BCUT2D eigenvalue weighted by atomic mass is 10.2. The van der Waals surface area contributed by atoms with Crippen molar-refractivity contribution in [3.63, 3.8) is 0 Å². The van der Waals surface area contributed by atoms with Crippen molar-refractivity contribution in [3.05, 3.63) is 42.2 Å². The van der Waals surface area contributed by atoms with Crippen molar-refractivity contribution in [2.75, 3.05) is 0 Å². The monoisotopic (exact) mass is 336 g/mol. The lowest BCUT2D eigenvalue weighted by Crippen LogP contribution is -2.10. The summed E-state index contributed by atoms with van der Waals surface area (Å²) in [6, 6.07) is 4.87. The number of hydrogen-bond donors (Lipinski definition) is 0. The molecule has 24 heavy (non-hydrogen) atoms. The molecule has 126 valence electrons. The van der Waals surface area contributed by atoms with Crippen LogP contribution in [0.15, 0.2) is 41.1 Å². The minimum Gasteiger partial charge on any atom is -0.488 e. The number of alkyl halides is 3. The van der Waals surface area contributed by atoms with E-state index in [1.165, 1.54) is 12.3 Å². The SMILES string of the molecule is CCC(C)Oc1cnccc1-c1nc2cc(C(F)(F)F)ccc2o1. The highest BCUT2D eigenvalue weighted by Crippen LogP contribution is 2.35. The van der Waals surface area contributed by atoms with Crippen molar-refractivity contribution >= 4 is 11.1 Å². The average Bonchev–Trinajstić information content (AvgIpc) is 2.97. The van der Waals surface area contributed by atoms with Crippen molar-refractivity contribution in [1.82, 2.24) is 9.97 Å². The number of pyridine rings is 1. The third-order valence-electron chi connectivity index (χ3n) is 3.63. The Morgan fingerprint density at radius 2 is 2.04 bits per heavy atom. The topological polar surface area (TPSA) is 48.2 Å². The van der Waals surface area contributed by atoms with Gasteiger partial charge in [0, 0.05) is 6.20 Å². The van der Waals surface area contributed by atoms with Gasteiger partial charge < -0.3 is 9.15 Å². The Balaban J connectivity index is 2.04. The van der Waals surface area contributed by atoms with E-state index in [0.717, 1.165) is 18.6 Å². The van der Waals surface area contributed by atoms with E-state index < -0.39 is 11.7 Å². The van der Waals surface area contributed by atoms with Crippen molar-refractivity contribution in [2.24, 2.45) is 0 Å². The molecule has 0 bridgehead atoms. The second-order valence-corrected chi connectivity index (χ2v) is 5.41. The highest BCUT2D eigenvalue weighted by atomic mass is 19.4. The molecule has 0 saturated carbocycles. The van der Waals surface area contributed by atoms with Crippen LogP contribution in [-0.4, -0.2) is 16.1 Å². The van der Waals surface area contributed by atoms with Crippen LogP contribution in [0.5, 0.6) is 5.75 Å². The number of aromatic nitrogens is 2.